The van der Waals surface area contributed by atoms with Crippen LogP contribution in [-0.4, -0.2) is 25.0 Å². The lowest BCUT2D eigenvalue weighted by Gasteiger charge is -2.03. The van der Waals surface area contributed by atoms with Crippen LogP contribution < -0.4 is 16.8 Å². The van der Waals surface area contributed by atoms with Gasteiger partial charge in [-0.05, 0) is 24.8 Å². The molecule has 0 radical (unpaired) electrons. The number of nitrogens with two attached hydrogens (primary N) is 2. The smallest absolute Gasteiger partial charge is 0.231 e. The predicted octanol–water partition coefficient (Wildman–Crippen LogP) is 2.02. The van der Waals surface area contributed by atoms with Crippen LogP contribution in [0.3, 0.4) is 0 Å². The zero-order valence-electron chi connectivity index (χ0n) is 13.4. The lowest BCUT2D eigenvalue weighted by molar-refractivity contribution is -0.121. The summed E-state index contributed by atoms with van der Waals surface area (Å²) in [6.45, 7) is 3.46. The van der Waals surface area contributed by atoms with E-state index in [0.717, 1.165) is 24.8 Å². The van der Waals surface area contributed by atoms with Gasteiger partial charge in [-0.3, -0.25) is 9.79 Å². The van der Waals surface area contributed by atoms with Crippen molar-refractivity contribution in [2.45, 2.75) is 39.0 Å². The fraction of sp³-hybridized carbons (Fsp3) is 0.529. The Morgan fingerprint density at radius 1 is 1.32 bits per heavy atom. The molecule has 0 aromatic rings. The molecule has 0 spiro atoms. The second-order valence-corrected chi connectivity index (χ2v) is 5.38. The number of amides is 1. The van der Waals surface area contributed by atoms with E-state index in [0.29, 0.717) is 13.1 Å². The fourth-order valence-corrected chi connectivity index (χ4v) is 1.96. The minimum atomic E-state index is -0.0435. The number of unbranched alkanes of at least 4 members (excludes halogenated alkanes) is 3. The monoisotopic (exact) mass is 304 g/mol. The Hall–Kier alpha value is -2.04. The molecule has 1 atom stereocenters. The van der Waals surface area contributed by atoms with Crippen LogP contribution >= 0.6 is 0 Å². The lowest BCUT2D eigenvalue weighted by atomic mass is 10.2. The largest absolute Gasteiger partial charge is 0.370 e. The number of aliphatic imine (C=N–C) groups is 1. The topological polar surface area (TPSA) is 93.5 Å². The molecular formula is C17H28N4O. The van der Waals surface area contributed by atoms with Gasteiger partial charge in [0, 0.05) is 13.1 Å². The molecular weight excluding hydrogens is 276 g/mol. The summed E-state index contributed by atoms with van der Waals surface area (Å²) in [5.41, 5.74) is 11.6. The molecule has 0 aliphatic heterocycles. The summed E-state index contributed by atoms with van der Waals surface area (Å²) in [6, 6.07) is 0. The predicted molar refractivity (Wildman–Crippen MR) is 92.3 cm³/mol. The molecule has 1 amide bonds. The quantitative estimate of drug-likeness (QED) is 0.236. The Morgan fingerprint density at radius 3 is 2.86 bits per heavy atom. The second-order valence-electron chi connectivity index (χ2n) is 5.38. The first-order chi connectivity index (χ1) is 10.6. The van der Waals surface area contributed by atoms with Crippen LogP contribution in [0.5, 0.6) is 0 Å². The zero-order valence-corrected chi connectivity index (χ0v) is 13.4. The SMILES string of the molecule is CCCCC=CC=CC1=CC1C(=O)NCCCCN=C(N)N. The van der Waals surface area contributed by atoms with E-state index in [-0.39, 0.29) is 17.8 Å². The zero-order chi connectivity index (χ0) is 16.2. The molecule has 0 fully saturated rings. The van der Waals surface area contributed by atoms with Gasteiger partial charge in [0.05, 0.1) is 5.92 Å². The van der Waals surface area contributed by atoms with Crippen LogP contribution in [0.15, 0.2) is 40.9 Å². The van der Waals surface area contributed by atoms with Crippen molar-refractivity contribution in [3.63, 3.8) is 0 Å². The number of allylic oxidation sites excluding steroid dienone is 4. The fourth-order valence-electron chi connectivity index (χ4n) is 1.96. The molecule has 22 heavy (non-hydrogen) atoms. The van der Waals surface area contributed by atoms with Crippen LogP contribution in [0.2, 0.25) is 0 Å². The van der Waals surface area contributed by atoms with Gasteiger partial charge in [-0.1, -0.05) is 50.1 Å². The third-order valence-electron chi connectivity index (χ3n) is 3.33. The Morgan fingerprint density at radius 2 is 2.14 bits per heavy atom. The normalized spacial score (nSPS) is 16.8. The lowest BCUT2D eigenvalue weighted by Crippen LogP contribution is -2.27. The van der Waals surface area contributed by atoms with Crippen molar-refractivity contribution in [2.24, 2.45) is 22.4 Å². The maximum atomic E-state index is 11.8. The van der Waals surface area contributed by atoms with Gasteiger partial charge in [0.2, 0.25) is 5.91 Å². The summed E-state index contributed by atoms with van der Waals surface area (Å²) < 4.78 is 0. The van der Waals surface area contributed by atoms with Crippen LogP contribution in [0, 0.1) is 5.92 Å². The number of nitrogens with one attached hydrogen (secondary N) is 1. The Balaban J connectivity index is 2.05. The molecule has 1 aliphatic carbocycles. The van der Waals surface area contributed by atoms with Crippen molar-refractivity contribution in [2.75, 3.05) is 13.1 Å². The summed E-state index contributed by atoms with van der Waals surface area (Å²) in [5, 5.41) is 2.93. The van der Waals surface area contributed by atoms with Crippen molar-refractivity contribution in [3.8, 4) is 0 Å². The first-order valence-corrected chi connectivity index (χ1v) is 8.03. The second kappa shape index (κ2) is 10.7. The minimum absolute atomic E-state index is 0.0435. The molecule has 5 N–H and O–H groups in total. The van der Waals surface area contributed by atoms with Gasteiger partial charge in [0.1, 0.15) is 0 Å². The average Bonchev–Trinajstić information content (AvgIpc) is 3.25. The molecule has 5 nitrogen and oxygen atoms in total. The highest BCUT2D eigenvalue weighted by Gasteiger charge is 2.29. The molecule has 1 aliphatic rings. The van der Waals surface area contributed by atoms with Gasteiger partial charge in [-0.15, -0.1) is 0 Å². The van der Waals surface area contributed by atoms with Gasteiger partial charge in [0.15, 0.2) is 5.96 Å². The number of rotatable bonds is 11. The molecule has 5 heteroatoms. The van der Waals surface area contributed by atoms with Gasteiger partial charge in [0.25, 0.3) is 0 Å². The van der Waals surface area contributed by atoms with Crippen molar-refractivity contribution in [3.05, 3.63) is 36.0 Å². The van der Waals surface area contributed by atoms with Gasteiger partial charge < -0.3 is 16.8 Å². The van der Waals surface area contributed by atoms with Crippen molar-refractivity contribution < 1.29 is 4.79 Å². The van der Waals surface area contributed by atoms with E-state index in [1.54, 1.807) is 0 Å². The Bertz CT molecular complexity index is 459. The molecule has 0 aromatic heterocycles. The summed E-state index contributed by atoms with van der Waals surface area (Å²) in [4.78, 5) is 15.7. The molecule has 1 unspecified atom stereocenters. The van der Waals surface area contributed by atoms with E-state index in [1.165, 1.54) is 12.8 Å². The Labute approximate surface area is 133 Å². The maximum Gasteiger partial charge on any atom is 0.231 e. The van der Waals surface area contributed by atoms with Gasteiger partial charge in [-0.25, -0.2) is 0 Å². The number of carbonyl (C=O) groups excluding carboxylic acids is 1. The number of guanidine groups is 1. The highest BCUT2D eigenvalue weighted by Crippen LogP contribution is 2.29. The molecule has 0 bridgehead atoms. The van der Waals surface area contributed by atoms with E-state index < -0.39 is 0 Å². The first-order valence-electron chi connectivity index (χ1n) is 8.03. The molecule has 0 saturated carbocycles. The van der Waals surface area contributed by atoms with E-state index in [2.05, 4.69) is 23.3 Å². The first kappa shape index (κ1) is 18.0. The third-order valence-corrected chi connectivity index (χ3v) is 3.33. The van der Waals surface area contributed by atoms with E-state index in [4.69, 9.17) is 11.5 Å². The summed E-state index contributed by atoms with van der Waals surface area (Å²) >= 11 is 0. The van der Waals surface area contributed by atoms with Crippen LogP contribution in [0.25, 0.3) is 0 Å². The van der Waals surface area contributed by atoms with E-state index >= 15 is 0 Å². The summed E-state index contributed by atoms with van der Waals surface area (Å²) in [5.74, 6) is 0.154. The number of carbonyl (C=O) groups is 1. The van der Waals surface area contributed by atoms with Crippen molar-refractivity contribution >= 4 is 11.9 Å². The number of hydrogen-bond acceptors (Lipinski definition) is 2. The molecule has 0 aromatic carbocycles. The van der Waals surface area contributed by atoms with Crippen LogP contribution in [-0.2, 0) is 4.79 Å². The average molecular weight is 304 g/mol. The van der Waals surface area contributed by atoms with Crippen LogP contribution in [0.4, 0.5) is 0 Å². The highest BCUT2D eigenvalue weighted by atomic mass is 16.1. The molecule has 1 rings (SSSR count). The van der Waals surface area contributed by atoms with Gasteiger partial charge in [-0.2, -0.15) is 0 Å². The standard InChI is InChI=1S/C17H28N4O/c1-2-3-4-5-6-7-10-14-13-15(14)16(22)20-11-8-9-12-21-17(18)19/h5-7,10,13,15H,2-4,8-9,11-12H2,1H3,(H,20,22)(H4,18,19,21). The Kier molecular flexibility index (Phi) is 8.72. The maximum absolute atomic E-state index is 11.8. The number of nitrogens with zero attached hydrogens (tertiary/aromatic N) is 1. The molecule has 0 heterocycles. The van der Waals surface area contributed by atoms with Crippen molar-refractivity contribution in [1.82, 2.24) is 5.32 Å². The van der Waals surface area contributed by atoms with E-state index in [1.807, 2.05) is 24.3 Å². The van der Waals surface area contributed by atoms with Gasteiger partial charge >= 0.3 is 0 Å². The molecule has 122 valence electrons. The third kappa shape index (κ3) is 8.29. The minimum Gasteiger partial charge on any atom is -0.370 e. The summed E-state index contributed by atoms with van der Waals surface area (Å²) in [7, 11) is 0. The van der Waals surface area contributed by atoms with E-state index in [9.17, 15) is 4.79 Å². The highest BCUT2D eigenvalue weighted by molar-refractivity contribution is 5.89. The number of hydrogen-bond donors (Lipinski definition) is 3. The summed E-state index contributed by atoms with van der Waals surface area (Å²) in [6.07, 6.45) is 15.5. The van der Waals surface area contributed by atoms with Crippen molar-refractivity contribution in [1.29, 1.82) is 0 Å². The van der Waals surface area contributed by atoms with Crippen LogP contribution in [0.1, 0.15) is 39.0 Å². The molecule has 0 saturated heterocycles.